The van der Waals surface area contributed by atoms with Gasteiger partial charge in [0, 0.05) is 48.0 Å². The van der Waals surface area contributed by atoms with Gasteiger partial charge in [-0.25, -0.2) is 0 Å². The molecule has 0 aliphatic rings. The van der Waals surface area contributed by atoms with Crippen LogP contribution < -0.4 is 4.90 Å². The second kappa shape index (κ2) is 7.69. The van der Waals surface area contributed by atoms with E-state index in [0.717, 1.165) is 39.0 Å². The van der Waals surface area contributed by atoms with E-state index in [2.05, 4.69) is 108 Å². The van der Waals surface area contributed by atoms with E-state index in [1.165, 1.54) is 29.6 Å². The molecule has 0 fully saturated rings. The number of benzene rings is 5. The lowest BCUT2D eigenvalue weighted by molar-refractivity contribution is 0.669. The maximum atomic E-state index is 6.10. The van der Waals surface area contributed by atoms with Crippen molar-refractivity contribution in [2.45, 2.75) is 0 Å². The first kappa shape index (κ1) is 20.1. The molecule has 0 amide bonds. The molecule has 0 saturated heterocycles. The number of fused-ring (bicyclic) bond motifs is 8. The number of furan rings is 1. The molecule has 0 bridgehead atoms. The van der Waals surface area contributed by atoms with Crippen molar-refractivity contribution in [2.24, 2.45) is 0 Å². The van der Waals surface area contributed by atoms with Gasteiger partial charge in [0.25, 0.3) is 0 Å². The minimum atomic E-state index is 0.911. The SMILES string of the molecule is c1ccc(N(c2ccc3c(c2)sc2c4ccccc4sc32)c2ccc3oc4ccccc4c3c2)cc1. The zero-order valence-corrected chi connectivity index (χ0v) is 20.8. The number of hydrogen-bond acceptors (Lipinski definition) is 4. The Morgan fingerprint density at radius 1 is 0.444 bits per heavy atom. The molecular formula is C32H19NOS2. The summed E-state index contributed by atoms with van der Waals surface area (Å²) in [5.74, 6) is 0. The number of para-hydroxylation sites is 2. The summed E-state index contributed by atoms with van der Waals surface area (Å²) in [4.78, 5) is 2.34. The number of rotatable bonds is 3. The molecule has 0 atom stereocenters. The van der Waals surface area contributed by atoms with Crippen LogP contribution in [0.25, 0.3) is 51.5 Å². The van der Waals surface area contributed by atoms with E-state index in [4.69, 9.17) is 4.42 Å². The quantitative estimate of drug-likeness (QED) is 0.241. The summed E-state index contributed by atoms with van der Waals surface area (Å²) < 4.78 is 11.6. The highest BCUT2D eigenvalue weighted by Crippen LogP contribution is 2.46. The normalized spacial score (nSPS) is 11.9. The monoisotopic (exact) mass is 497 g/mol. The Bertz CT molecular complexity index is 2060. The van der Waals surface area contributed by atoms with Gasteiger partial charge in [-0.1, -0.05) is 60.7 Å². The van der Waals surface area contributed by atoms with Crippen molar-refractivity contribution in [3.05, 3.63) is 115 Å². The smallest absolute Gasteiger partial charge is 0.135 e. The average Bonchev–Trinajstić information content (AvgIpc) is 3.59. The van der Waals surface area contributed by atoms with Gasteiger partial charge < -0.3 is 9.32 Å². The molecule has 8 rings (SSSR count). The molecule has 170 valence electrons. The molecule has 36 heavy (non-hydrogen) atoms. The third-order valence-corrected chi connectivity index (χ3v) is 9.38. The van der Waals surface area contributed by atoms with E-state index in [1.807, 2.05) is 34.8 Å². The van der Waals surface area contributed by atoms with Crippen LogP contribution in [-0.2, 0) is 0 Å². The Kier molecular flexibility index (Phi) is 4.30. The van der Waals surface area contributed by atoms with Crippen molar-refractivity contribution in [1.82, 2.24) is 0 Å². The predicted molar refractivity (Wildman–Crippen MR) is 157 cm³/mol. The Morgan fingerprint density at radius 2 is 1.08 bits per heavy atom. The van der Waals surface area contributed by atoms with Crippen LogP contribution in [0.4, 0.5) is 17.1 Å². The molecular weight excluding hydrogens is 478 g/mol. The lowest BCUT2D eigenvalue weighted by Crippen LogP contribution is -2.09. The Balaban J connectivity index is 1.35. The fourth-order valence-electron chi connectivity index (χ4n) is 5.21. The molecule has 0 aliphatic heterocycles. The van der Waals surface area contributed by atoms with Crippen LogP contribution in [0.1, 0.15) is 0 Å². The molecule has 5 aromatic carbocycles. The van der Waals surface area contributed by atoms with Crippen molar-refractivity contribution in [3.63, 3.8) is 0 Å². The minimum Gasteiger partial charge on any atom is -0.456 e. The number of nitrogens with zero attached hydrogens (tertiary/aromatic N) is 1. The fraction of sp³-hybridized carbons (Fsp3) is 0. The highest BCUT2D eigenvalue weighted by Gasteiger charge is 2.18. The van der Waals surface area contributed by atoms with Crippen molar-refractivity contribution in [3.8, 4) is 0 Å². The largest absolute Gasteiger partial charge is 0.456 e. The van der Waals surface area contributed by atoms with E-state index < -0.39 is 0 Å². The Morgan fingerprint density at radius 3 is 1.97 bits per heavy atom. The Hall–Kier alpha value is -4.12. The summed E-state index contributed by atoms with van der Waals surface area (Å²) in [5.41, 5.74) is 5.23. The van der Waals surface area contributed by atoms with Crippen LogP contribution in [0.5, 0.6) is 0 Å². The predicted octanol–water partition coefficient (Wildman–Crippen LogP) is 10.6. The zero-order valence-electron chi connectivity index (χ0n) is 19.1. The maximum absolute atomic E-state index is 6.10. The van der Waals surface area contributed by atoms with Crippen LogP contribution in [0, 0.1) is 0 Å². The first-order chi connectivity index (χ1) is 17.8. The summed E-state index contributed by atoms with van der Waals surface area (Å²) in [5, 5.41) is 4.97. The van der Waals surface area contributed by atoms with E-state index in [9.17, 15) is 0 Å². The molecule has 0 aliphatic carbocycles. The van der Waals surface area contributed by atoms with Crippen LogP contribution in [0.3, 0.4) is 0 Å². The summed E-state index contributed by atoms with van der Waals surface area (Å²) >= 11 is 3.79. The molecule has 0 unspecified atom stereocenters. The molecule has 4 heteroatoms. The van der Waals surface area contributed by atoms with E-state index in [-0.39, 0.29) is 0 Å². The summed E-state index contributed by atoms with van der Waals surface area (Å²) in [7, 11) is 0. The van der Waals surface area contributed by atoms with Gasteiger partial charge in [-0.2, -0.15) is 0 Å². The molecule has 3 aromatic heterocycles. The maximum Gasteiger partial charge on any atom is 0.135 e. The van der Waals surface area contributed by atoms with E-state index in [1.54, 1.807) is 0 Å². The third kappa shape index (κ3) is 2.95. The second-order valence-corrected chi connectivity index (χ2v) is 11.1. The standard InChI is InChI=1S/C32H19NOS2/c1-2-8-20(9-3-1)33(21-15-17-28-26(18-21)23-10-4-6-12-27(23)34-28)22-14-16-25-30(19-22)36-31-24-11-5-7-13-29(24)35-32(25)31/h1-19H. The lowest BCUT2D eigenvalue weighted by atomic mass is 10.1. The number of thiophene rings is 2. The first-order valence-electron chi connectivity index (χ1n) is 11.9. The highest BCUT2D eigenvalue weighted by molar-refractivity contribution is 7.36. The average molecular weight is 498 g/mol. The van der Waals surface area contributed by atoms with Gasteiger partial charge in [-0.3, -0.25) is 0 Å². The van der Waals surface area contributed by atoms with Crippen LogP contribution >= 0.6 is 22.7 Å². The molecule has 3 heterocycles. The van der Waals surface area contributed by atoms with Gasteiger partial charge in [0.1, 0.15) is 11.2 Å². The van der Waals surface area contributed by atoms with Crippen molar-refractivity contribution >= 4 is 91.2 Å². The fourth-order valence-corrected chi connectivity index (χ4v) is 7.90. The van der Waals surface area contributed by atoms with Crippen LogP contribution in [0.15, 0.2) is 120 Å². The molecule has 0 N–H and O–H groups in total. The molecule has 0 radical (unpaired) electrons. The first-order valence-corrected chi connectivity index (χ1v) is 13.6. The number of hydrogen-bond donors (Lipinski definition) is 0. The van der Waals surface area contributed by atoms with Gasteiger partial charge in [-0.15, -0.1) is 22.7 Å². The third-order valence-electron chi connectivity index (χ3n) is 6.86. The highest BCUT2D eigenvalue weighted by atomic mass is 32.1. The number of anilines is 3. The lowest BCUT2D eigenvalue weighted by Gasteiger charge is -2.25. The van der Waals surface area contributed by atoms with E-state index in [0.29, 0.717) is 0 Å². The summed E-state index contributed by atoms with van der Waals surface area (Å²) in [6, 6.07) is 41.0. The molecule has 2 nitrogen and oxygen atoms in total. The van der Waals surface area contributed by atoms with Gasteiger partial charge in [0.05, 0.1) is 9.40 Å². The topological polar surface area (TPSA) is 16.4 Å². The zero-order chi connectivity index (χ0) is 23.6. The minimum absolute atomic E-state index is 0.911. The molecule has 0 saturated carbocycles. The molecule has 0 spiro atoms. The van der Waals surface area contributed by atoms with Crippen molar-refractivity contribution in [2.75, 3.05) is 4.90 Å². The summed E-state index contributed by atoms with van der Waals surface area (Å²) in [6.45, 7) is 0. The van der Waals surface area contributed by atoms with Crippen molar-refractivity contribution < 1.29 is 4.42 Å². The van der Waals surface area contributed by atoms with Gasteiger partial charge >= 0.3 is 0 Å². The van der Waals surface area contributed by atoms with Crippen LogP contribution in [-0.4, -0.2) is 0 Å². The van der Waals surface area contributed by atoms with Gasteiger partial charge in [-0.05, 0) is 54.6 Å². The molecule has 8 aromatic rings. The summed E-state index contributed by atoms with van der Waals surface area (Å²) in [6.07, 6.45) is 0. The van der Waals surface area contributed by atoms with Gasteiger partial charge in [0.15, 0.2) is 0 Å². The second-order valence-electron chi connectivity index (χ2n) is 8.99. The van der Waals surface area contributed by atoms with Gasteiger partial charge in [0.2, 0.25) is 0 Å². The van der Waals surface area contributed by atoms with Crippen molar-refractivity contribution in [1.29, 1.82) is 0 Å². The van der Waals surface area contributed by atoms with E-state index >= 15 is 0 Å². The van der Waals surface area contributed by atoms with Crippen LogP contribution in [0.2, 0.25) is 0 Å². The Labute approximate surface area is 215 Å².